The second kappa shape index (κ2) is 41.0. The molecule has 0 aliphatic carbocycles. The van der Waals surface area contributed by atoms with Crippen LogP contribution in [0.25, 0.3) is 44.7 Å². The number of nitrogens with two attached hydrogens (primary N) is 4. The summed E-state index contributed by atoms with van der Waals surface area (Å²) in [5, 5.41) is 59.1. The monoisotopic (exact) mass is 1870 g/mol. The number of aryl methyl sites for hydroxylation is 1. The molecule has 53 nitrogen and oxygen atoms in total. The van der Waals surface area contributed by atoms with Crippen molar-refractivity contribution in [2.75, 3.05) is 70.4 Å². The number of H-pyrrole nitrogens is 2. The smallest absolute Gasteiger partial charge is 0.856 e. The molecule has 0 spiro atoms. The minimum Gasteiger partial charge on any atom is -0.856 e. The number of nitro groups is 1. The number of aromatic amines is 2. The van der Waals surface area contributed by atoms with Crippen molar-refractivity contribution in [3.63, 3.8) is 0 Å². The van der Waals surface area contributed by atoms with E-state index in [-0.39, 0.29) is 215 Å². The third kappa shape index (κ3) is 22.5. The number of methoxy groups -OCH3 is 2. The Kier molecular flexibility index (Phi) is 35.2. The quantitative estimate of drug-likeness (QED) is 0.00472. The van der Waals surface area contributed by atoms with Crippen LogP contribution in [0.15, 0.2) is 65.5 Å². The van der Waals surface area contributed by atoms with Gasteiger partial charge in [0.25, 0.3) is 46.2 Å². The summed E-state index contributed by atoms with van der Waals surface area (Å²) in [5.74, 6) is -2.23. The van der Waals surface area contributed by atoms with Crippen LogP contribution < -0.4 is 216 Å². The predicted molar refractivity (Wildman–Crippen MR) is 376 cm³/mol. The van der Waals surface area contributed by atoms with Gasteiger partial charge < -0.3 is 133 Å². The molecule has 4 fully saturated rings. The van der Waals surface area contributed by atoms with E-state index in [1.54, 1.807) is 20.8 Å². The van der Waals surface area contributed by atoms with E-state index in [1.165, 1.54) is 42.2 Å². The van der Waals surface area contributed by atoms with E-state index in [0.29, 0.717) is 0 Å². The molecule has 12 heterocycles. The first kappa shape index (κ1) is 103. The minimum absolute atomic E-state index is 0. The van der Waals surface area contributed by atoms with E-state index in [2.05, 4.69) is 63.4 Å². The first-order chi connectivity index (χ1) is 54.1. The maximum atomic E-state index is 14.8. The van der Waals surface area contributed by atoms with E-state index in [4.69, 9.17) is 112 Å². The molecule has 0 radical (unpaired) electrons. The van der Waals surface area contributed by atoms with Crippen molar-refractivity contribution in [2.45, 2.75) is 125 Å². The molecule has 626 valence electrons. The SMILES string of the molecule is COC1[C@@H](OP([O-])(=S)OC[C@H]2O[C@@H](n3cnc4c(=O)[nH]c(N)nc43)C(OC)[C@H]2OP([O-])(=S)OC[C@H]2O[C@@H](n3cnc4c(=O)[nH]c(N)nc43)C(O)[C@H]2O)[C@@H](COP(=O)([O-])OP(=O)([O-])OP(=O)([O-])OC[C@H]2O[C@@H]([n+]3cn(C)c4c([O-])nc(N)nc43)C(OCOC(c3ccccc3[N+](=O)[O-])C(C)(C)C)[C@H]2O)O[C@H]1n1cnc2c(N)ncnc21.[Na+].[Na+].[Na+].[Na+].[Na+]. The summed E-state index contributed by atoms with van der Waals surface area (Å²) in [6.45, 7) is -10.6. The number of hydrogen-bond donors (Lipinski definition) is 9. The number of aliphatic hydroxyl groups excluding tert-OH is 3. The van der Waals surface area contributed by atoms with E-state index in [0.717, 1.165) is 57.8 Å². The summed E-state index contributed by atoms with van der Waals surface area (Å²) < 4.78 is 135. The first-order valence-corrected chi connectivity index (χ1v) is 42.7. The molecular formula is C55H67N21Na5O32P5S2. The number of nitrogens with one attached hydrogen (secondary N) is 2. The van der Waals surface area contributed by atoms with Crippen LogP contribution in [0.3, 0.4) is 0 Å². The summed E-state index contributed by atoms with van der Waals surface area (Å²) in [4.78, 5) is 147. The summed E-state index contributed by atoms with van der Waals surface area (Å²) in [6, 6.07) is 5.69. The summed E-state index contributed by atoms with van der Waals surface area (Å²) >= 11 is 10.7. The van der Waals surface area contributed by atoms with E-state index in [9.17, 15) is 78.3 Å². The van der Waals surface area contributed by atoms with Gasteiger partial charge in [-0.3, -0.25) is 61.6 Å². The number of ether oxygens (including phenoxy) is 8. The van der Waals surface area contributed by atoms with Gasteiger partial charge in [0, 0.05) is 26.2 Å². The molecule has 22 atom stereocenters. The van der Waals surface area contributed by atoms with Gasteiger partial charge in [0.1, 0.15) is 105 Å². The average Bonchev–Trinajstić information content (AvgIpc) is 1.62. The van der Waals surface area contributed by atoms with Gasteiger partial charge in [-0.15, -0.1) is 0 Å². The van der Waals surface area contributed by atoms with Crippen LogP contribution in [0.4, 0.5) is 29.4 Å². The fourth-order valence-electron chi connectivity index (χ4n) is 13.2. The number of benzene rings is 1. The molecule has 0 amide bonds. The van der Waals surface area contributed by atoms with Crippen molar-refractivity contribution in [1.82, 2.24) is 73.1 Å². The number of nitro benzene ring substituents is 1. The van der Waals surface area contributed by atoms with Gasteiger partial charge in [0.05, 0.1) is 69.0 Å². The van der Waals surface area contributed by atoms with Gasteiger partial charge >= 0.3 is 153 Å². The molecule has 4 aliphatic heterocycles. The molecule has 1 aromatic carbocycles. The van der Waals surface area contributed by atoms with Crippen molar-refractivity contribution >= 4 is 135 Å². The van der Waals surface area contributed by atoms with E-state index in [1.807, 2.05) is 0 Å². The fraction of sp³-hybridized carbons (Fsp3) is 0.527. The topological polar surface area (TPSA) is 750 Å². The number of para-hydroxylation sites is 1. The van der Waals surface area contributed by atoms with Crippen LogP contribution in [-0.4, -0.2) is 214 Å². The predicted octanol–water partition coefficient (Wildman–Crippen LogP) is -20.0. The molecule has 0 saturated carbocycles. The molecule has 4 saturated heterocycles. The molecule has 13 N–H and O–H groups in total. The molecular weight excluding hydrogens is 1800 g/mol. The molecule has 9 aromatic rings. The number of imidazole rings is 4. The molecule has 4 aliphatic rings. The molecule has 120 heavy (non-hydrogen) atoms. The third-order valence-electron chi connectivity index (χ3n) is 18.1. The number of rotatable bonds is 32. The van der Waals surface area contributed by atoms with Gasteiger partial charge in [-0.05, 0) is 11.5 Å². The second-order valence-corrected chi connectivity index (χ2v) is 36.6. The Hall–Kier alpha value is -2.55. The maximum absolute atomic E-state index is 14.8. The standard InChI is InChI=1S/C55H72N21O32P5S2.5Na/c1-55(2,3)39(21-9-7-8-10-22(21)76(83)84)96-20-95-36-32(78)24(102-49(36)75-19-71(4)30-44(75)67-54(59)70-47(30)82)11-97-109(85,86)107-111(89,90)108-110(87,88)98-13-25-34(37(93-5)50(103-25)72-16-62-27-40(56)60-15-61-41(27)72)105-113(92,115)100-14-26-35(38(94-6)51(104-26)74-18-64-29-43(74)66-53(58)69-46(29)81)106-112(91,114)99-12-23-31(77)33(79)48(101-23)73-17-63-28-42(73)65-52(57)68-45(28)80;;;;;/h7-10,15-19,23-26,31-39,48-51,77-79H,11-14,20H2,1-6H3,(H15-,56,57,58,59,60,61,65,66,67,68,69,70,80,81,82,85,86,87,88,89,90,91,92,114,115);;;;;/q;5*+1/p-5/t23-,24-,25-,26-,31+,32+,33?,34+,35+,36?,37?,38?,39?,48-,49-,50-,51-,112?,113?;;;;;/m1...../s1. The van der Waals surface area contributed by atoms with Crippen LogP contribution in [0.2, 0.25) is 0 Å². The summed E-state index contributed by atoms with van der Waals surface area (Å²) in [7, 11) is -16.1. The number of nitrogen functional groups attached to an aromatic ring is 4. The number of aromatic nitrogens is 16. The first-order valence-electron chi connectivity index (χ1n) is 33.3. The Balaban J connectivity index is 0.00000358. The normalized spacial score (nSPS) is 27.1. The Morgan fingerprint density at radius 2 is 1.09 bits per heavy atom. The average molecular weight is 1870 g/mol. The summed E-state index contributed by atoms with van der Waals surface area (Å²) in [5.41, 5.74) is 19.7. The van der Waals surface area contributed by atoms with Crippen molar-refractivity contribution in [2.24, 2.45) is 12.5 Å². The molecule has 8 aromatic heterocycles. The fourth-order valence-corrected chi connectivity index (χ4v) is 19.4. The number of aliphatic hydroxyl groups is 3. The van der Waals surface area contributed by atoms with Crippen molar-refractivity contribution < 1.29 is 290 Å². The largest absolute Gasteiger partial charge is 1.00 e. The second-order valence-electron chi connectivity index (χ2n) is 26.7. The van der Waals surface area contributed by atoms with Crippen LogP contribution in [0.5, 0.6) is 5.88 Å². The van der Waals surface area contributed by atoms with Gasteiger partial charge in [-0.25, -0.2) is 43.1 Å². The van der Waals surface area contributed by atoms with Crippen molar-refractivity contribution in [3.8, 4) is 5.88 Å². The minimum atomic E-state index is -6.77. The maximum Gasteiger partial charge on any atom is 1.00 e. The number of nitrogens with zero attached hydrogens (tertiary/aromatic N) is 15. The zero-order chi connectivity index (χ0) is 83.1. The zero-order valence-corrected chi connectivity index (χ0v) is 80.9. The summed E-state index contributed by atoms with van der Waals surface area (Å²) in [6.07, 6.45) is -23.1. The molecule has 0 bridgehead atoms. The number of anilines is 4. The van der Waals surface area contributed by atoms with Crippen LogP contribution >= 0.6 is 36.9 Å². The number of phosphoric acid groups is 3. The zero-order valence-electron chi connectivity index (χ0n) is 64.8. The Morgan fingerprint density at radius 1 is 0.617 bits per heavy atom. The van der Waals surface area contributed by atoms with E-state index < -0.39 is 214 Å². The number of hydrogen-bond acceptors (Lipinski definition) is 47. The third-order valence-corrected chi connectivity index (χ3v) is 25.3. The van der Waals surface area contributed by atoms with Crippen LogP contribution in [-0.2, 0) is 118 Å². The Labute approximate surface area is 794 Å². The Bertz CT molecular complexity index is 5580. The van der Waals surface area contributed by atoms with Crippen molar-refractivity contribution in [3.05, 3.63) is 92.3 Å². The Morgan fingerprint density at radius 3 is 1.62 bits per heavy atom. The van der Waals surface area contributed by atoms with Gasteiger partial charge in [0.15, 0.2) is 64.3 Å². The van der Waals surface area contributed by atoms with Crippen LogP contribution in [0, 0.1) is 15.5 Å². The van der Waals surface area contributed by atoms with E-state index >= 15 is 0 Å². The molecule has 10 unspecified atom stereocenters. The van der Waals surface area contributed by atoms with Crippen LogP contribution in [0.1, 0.15) is 57.4 Å². The van der Waals surface area contributed by atoms with Gasteiger partial charge in [-0.1, -0.05) is 61.5 Å². The molecule has 65 heteroatoms. The number of fused-ring (bicyclic) bond motifs is 4. The number of phosphoric ester groups is 2. The van der Waals surface area contributed by atoms with Gasteiger partial charge in [-0.2, -0.15) is 9.97 Å². The van der Waals surface area contributed by atoms with Crippen molar-refractivity contribution in [1.29, 1.82) is 0 Å². The molecule has 13 rings (SSSR count). The van der Waals surface area contributed by atoms with Gasteiger partial charge in [0.2, 0.25) is 18.1 Å².